The van der Waals surface area contributed by atoms with Crippen molar-refractivity contribution in [2.45, 2.75) is 39.2 Å². The molecule has 0 saturated heterocycles. The third-order valence-electron chi connectivity index (χ3n) is 2.75. The third-order valence-corrected chi connectivity index (χ3v) is 2.75. The molecule has 0 bridgehead atoms. The van der Waals surface area contributed by atoms with Gasteiger partial charge in [0.1, 0.15) is 6.04 Å². The number of carbonyl (C=O) groups is 1. The number of carbonyl (C=O) groups excluding carboxylic acids is 1. The lowest BCUT2D eigenvalue weighted by Gasteiger charge is -2.12. The van der Waals surface area contributed by atoms with E-state index in [9.17, 15) is 4.79 Å². The Hall–Kier alpha value is -2.24. The molecule has 0 radical (unpaired) electrons. The smallest absolute Gasteiger partial charge is 0.253 e. The zero-order valence-electron chi connectivity index (χ0n) is 12.0. The van der Waals surface area contributed by atoms with E-state index in [1.165, 1.54) is 6.20 Å². The maximum Gasteiger partial charge on any atom is 0.253 e. The molecule has 0 aliphatic heterocycles. The minimum absolute atomic E-state index is 0.186. The van der Waals surface area contributed by atoms with E-state index in [4.69, 9.17) is 4.52 Å². The van der Waals surface area contributed by atoms with Crippen LogP contribution >= 0.6 is 0 Å². The lowest BCUT2D eigenvalue weighted by molar-refractivity contribution is 0.0932. The normalized spacial score (nSPS) is 13.0. The maximum atomic E-state index is 12.0. The van der Waals surface area contributed by atoms with E-state index in [-0.39, 0.29) is 17.4 Å². The Morgan fingerprint density at radius 1 is 1.40 bits per heavy atom. The third kappa shape index (κ3) is 3.20. The van der Waals surface area contributed by atoms with Gasteiger partial charge in [0.2, 0.25) is 5.89 Å². The first-order valence-corrected chi connectivity index (χ1v) is 6.43. The monoisotopic (exact) mass is 274 g/mol. The van der Waals surface area contributed by atoms with Crippen molar-refractivity contribution in [3.63, 3.8) is 0 Å². The Labute approximate surface area is 117 Å². The molecule has 0 saturated carbocycles. The van der Waals surface area contributed by atoms with Gasteiger partial charge in [-0.15, -0.1) is 0 Å². The molecule has 2 aromatic heterocycles. The van der Waals surface area contributed by atoms with Gasteiger partial charge < -0.3 is 9.84 Å². The summed E-state index contributed by atoms with van der Waals surface area (Å²) < 4.78 is 5.20. The summed E-state index contributed by atoms with van der Waals surface area (Å²) in [4.78, 5) is 20.2. The molecule has 0 aliphatic rings. The number of nitrogens with one attached hydrogen (secondary N) is 1. The van der Waals surface area contributed by atoms with Crippen molar-refractivity contribution >= 4 is 5.91 Å². The van der Waals surface area contributed by atoms with Crippen LogP contribution in [0.3, 0.4) is 0 Å². The summed E-state index contributed by atoms with van der Waals surface area (Å²) in [5.41, 5.74) is 0.310. The van der Waals surface area contributed by atoms with Gasteiger partial charge in [0.15, 0.2) is 5.82 Å². The van der Waals surface area contributed by atoms with Crippen molar-refractivity contribution < 1.29 is 9.32 Å². The fourth-order valence-electron chi connectivity index (χ4n) is 1.55. The van der Waals surface area contributed by atoms with Gasteiger partial charge in [-0.1, -0.05) is 25.9 Å². The number of pyridine rings is 1. The Morgan fingerprint density at radius 3 is 2.70 bits per heavy atom. The number of rotatable bonds is 3. The van der Waals surface area contributed by atoms with Crippen LogP contribution in [0.15, 0.2) is 29.0 Å². The Bertz CT molecular complexity index is 587. The van der Waals surface area contributed by atoms with E-state index in [1.807, 2.05) is 20.8 Å². The molecule has 20 heavy (non-hydrogen) atoms. The van der Waals surface area contributed by atoms with Crippen LogP contribution in [-0.4, -0.2) is 21.0 Å². The average molecular weight is 274 g/mol. The van der Waals surface area contributed by atoms with Crippen LogP contribution in [0.25, 0.3) is 0 Å². The molecule has 6 nitrogen and oxygen atoms in total. The predicted molar refractivity (Wildman–Crippen MR) is 73.1 cm³/mol. The summed E-state index contributed by atoms with van der Waals surface area (Å²) in [7, 11) is 0. The highest BCUT2D eigenvalue weighted by molar-refractivity contribution is 5.93. The fourth-order valence-corrected chi connectivity index (χ4v) is 1.55. The zero-order valence-corrected chi connectivity index (χ0v) is 12.0. The van der Waals surface area contributed by atoms with Crippen LogP contribution in [0.4, 0.5) is 0 Å². The minimum atomic E-state index is -0.355. The van der Waals surface area contributed by atoms with Gasteiger partial charge in [-0.3, -0.25) is 9.78 Å². The lowest BCUT2D eigenvalue weighted by atomic mass is 9.96. The first-order chi connectivity index (χ1) is 9.38. The van der Waals surface area contributed by atoms with Crippen molar-refractivity contribution in [3.05, 3.63) is 41.8 Å². The van der Waals surface area contributed by atoms with Crippen molar-refractivity contribution in [1.29, 1.82) is 0 Å². The van der Waals surface area contributed by atoms with Gasteiger partial charge in [-0.25, -0.2) is 0 Å². The second kappa shape index (κ2) is 5.40. The molecule has 6 heteroatoms. The molecule has 2 heterocycles. The highest BCUT2D eigenvalue weighted by Gasteiger charge is 2.23. The van der Waals surface area contributed by atoms with Crippen LogP contribution in [0.1, 0.15) is 55.8 Å². The zero-order chi connectivity index (χ0) is 14.8. The van der Waals surface area contributed by atoms with Crippen LogP contribution in [0, 0.1) is 0 Å². The van der Waals surface area contributed by atoms with E-state index in [0.29, 0.717) is 17.3 Å². The Morgan fingerprint density at radius 2 is 2.15 bits per heavy atom. The van der Waals surface area contributed by atoms with Gasteiger partial charge in [0.05, 0.1) is 5.56 Å². The summed E-state index contributed by atoms with van der Waals surface area (Å²) in [6.45, 7) is 7.80. The molecular formula is C14H18N4O2. The number of hydrogen-bond acceptors (Lipinski definition) is 5. The number of aromatic nitrogens is 3. The summed E-state index contributed by atoms with van der Waals surface area (Å²) in [6, 6.07) is 3.05. The first-order valence-electron chi connectivity index (χ1n) is 6.43. The Balaban J connectivity index is 2.07. The molecule has 1 amide bonds. The second-order valence-corrected chi connectivity index (χ2v) is 5.64. The molecule has 1 atom stereocenters. The molecule has 0 fully saturated rings. The van der Waals surface area contributed by atoms with Crippen molar-refractivity contribution in [1.82, 2.24) is 20.4 Å². The molecule has 2 aromatic rings. The SMILES string of the molecule is C[C@H](NC(=O)c1cccnc1)c1nc(C(C)(C)C)no1. The molecule has 0 spiro atoms. The number of hydrogen-bond donors (Lipinski definition) is 1. The van der Waals surface area contributed by atoms with Crippen molar-refractivity contribution in [2.75, 3.05) is 0 Å². The van der Waals surface area contributed by atoms with Crippen molar-refractivity contribution in [3.8, 4) is 0 Å². The molecular weight excluding hydrogens is 256 g/mol. The summed E-state index contributed by atoms with van der Waals surface area (Å²) in [5, 5.41) is 6.74. The van der Waals surface area contributed by atoms with E-state index in [0.717, 1.165) is 0 Å². The summed E-state index contributed by atoms with van der Waals surface area (Å²) >= 11 is 0. The van der Waals surface area contributed by atoms with E-state index >= 15 is 0 Å². The Kier molecular flexibility index (Phi) is 3.83. The molecule has 2 rings (SSSR count). The number of nitrogens with zero attached hydrogens (tertiary/aromatic N) is 3. The van der Waals surface area contributed by atoms with E-state index < -0.39 is 0 Å². The van der Waals surface area contributed by atoms with Gasteiger partial charge in [0.25, 0.3) is 5.91 Å². The molecule has 0 aromatic carbocycles. The topological polar surface area (TPSA) is 80.9 Å². The van der Waals surface area contributed by atoms with Crippen LogP contribution < -0.4 is 5.32 Å². The molecule has 0 aliphatic carbocycles. The molecule has 1 N–H and O–H groups in total. The molecule has 0 unspecified atom stereocenters. The largest absolute Gasteiger partial charge is 0.340 e. The van der Waals surface area contributed by atoms with Crippen LogP contribution in [-0.2, 0) is 5.41 Å². The quantitative estimate of drug-likeness (QED) is 0.928. The highest BCUT2D eigenvalue weighted by atomic mass is 16.5. The lowest BCUT2D eigenvalue weighted by Crippen LogP contribution is -2.27. The fraction of sp³-hybridized carbons (Fsp3) is 0.429. The molecule has 106 valence electrons. The van der Waals surface area contributed by atoms with Gasteiger partial charge in [-0.2, -0.15) is 4.98 Å². The van der Waals surface area contributed by atoms with Crippen molar-refractivity contribution in [2.24, 2.45) is 0 Å². The average Bonchev–Trinajstić information content (AvgIpc) is 2.89. The standard InChI is InChI=1S/C14H18N4O2/c1-9(12-17-13(18-20-12)14(2,3)4)16-11(19)10-6-5-7-15-8-10/h5-9H,1-4H3,(H,16,19)/t9-/m0/s1. The summed E-state index contributed by atoms with van der Waals surface area (Å²) in [5.74, 6) is 0.795. The van der Waals surface area contributed by atoms with E-state index in [1.54, 1.807) is 25.3 Å². The minimum Gasteiger partial charge on any atom is -0.340 e. The predicted octanol–water partition coefficient (Wildman–Crippen LogP) is 2.25. The second-order valence-electron chi connectivity index (χ2n) is 5.64. The highest BCUT2D eigenvalue weighted by Crippen LogP contribution is 2.20. The number of amides is 1. The van der Waals surface area contributed by atoms with Crippen LogP contribution in [0.5, 0.6) is 0 Å². The maximum absolute atomic E-state index is 12.0. The summed E-state index contributed by atoms with van der Waals surface area (Å²) in [6.07, 6.45) is 3.13. The van der Waals surface area contributed by atoms with Gasteiger partial charge in [0, 0.05) is 17.8 Å². The van der Waals surface area contributed by atoms with Crippen LogP contribution in [0.2, 0.25) is 0 Å². The van der Waals surface area contributed by atoms with E-state index in [2.05, 4.69) is 20.4 Å². The first kappa shape index (κ1) is 14.2. The van der Waals surface area contributed by atoms with Gasteiger partial charge in [-0.05, 0) is 19.1 Å². The van der Waals surface area contributed by atoms with Gasteiger partial charge >= 0.3 is 0 Å².